The summed E-state index contributed by atoms with van der Waals surface area (Å²) in [5.41, 5.74) is -0.0965. The van der Waals surface area contributed by atoms with Gasteiger partial charge in [0.15, 0.2) is 5.75 Å². The second-order valence-corrected chi connectivity index (χ2v) is 3.27. The number of aromatic hydroxyl groups is 1. The van der Waals surface area contributed by atoms with Crippen LogP contribution in [0.1, 0.15) is 5.69 Å². The fourth-order valence-corrected chi connectivity index (χ4v) is 1.20. The van der Waals surface area contributed by atoms with Crippen molar-refractivity contribution in [2.75, 3.05) is 14.2 Å². The van der Waals surface area contributed by atoms with Crippen LogP contribution >= 0.6 is 0 Å². The van der Waals surface area contributed by atoms with E-state index >= 15 is 0 Å². The number of pyridine rings is 1. The zero-order valence-corrected chi connectivity index (χ0v) is 9.95. The van der Waals surface area contributed by atoms with Crippen molar-refractivity contribution in [3.63, 3.8) is 0 Å². The Balaban J connectivity index is 3.14. The van der Waals surface area contributed by atoms with Crippen LogP contribution in [0.15, 0.2) is 6.07 Å². The minimum atomic E-state index is -4.99. The lowest BCUT2D eigenvalue weighted by Gasteiger charge is -2.13. The number of carbonyl (C=O) groups excluding carboxylic acids is 1. The Hall–Kier alpha value is -2.19. The van der Waals surface area contributed by atoms with Crippen molar-refractivity contribution in [3.8, 4) is 17.4 Å². The highest BCUT2D eigenvalue weighted by Gasteiger charge is 2.33. The van der Waals surface area contributed by atoms with E-state index in [9.17, 15) is 23.1 Å². The molecule has 106 valence electrons. The molecule has 0 unspecified atom stereocenters. The second-order valence-electron chi connectivity index (χ2n) is 3.27. The number of hydrogen-bond acceptors (Lipinski definition) is 6. The van der Waals surface area contributed by atoms with Gasteiger partial charge in [0.2, 0.25) is 5.75 Å². The molecule has 1 heterocycles. The van der Waals surface area contributed by atoms with Crippen LogP contribution in [-0.2, 0) is 16.0 Å². The van der Waals surface area contributed by atoms with Crippen molar-refractivity contribution < 1.29 is 37.3 Å². The third-order valence-corrected chi connectivity index (χ3v) is 1.95. The lowest BCUT2D eigenvalue weighted by Crippen LogP contribution is -2.18. The van der Waals surface area contributed by atoms with E-state index in [2.05, 4.69) is 19.2 Å². The summed E-state index contributed by atoms with van der Waals surface area (Å²) in [6.07, 6.45) is -5.38. The van der Waals surface area contributed by atoms with Gasteiger partial charge in [0.05, 0.1) is 26.3 Å². The van der Waals surface area contributed by atoms with Gasteiger partial charge < -0.3 is 19.3 Å². The molecule has 0 spiro atoms. The molecule has 9 heteroatoms. The van der Waals surface area contributed by atoms with Crippen LogP contribution in [0.4, 0.5) is 13.2 Å². The Morgan fingerprint density at radius 2 is 2.05 bits per heavy atom. The minimum absolute atomic E-state index is 0.0965. The number of esters is 1. The number of nitrogens with zero attached hydrogens (tertiary/aromatic N) is 1. The molecule has 6 nitrogen and oxygen atoms in total. The predicted octanol–water partition coefficient (Wildman–Crippen LogP) is 1.41. The highest BCUT2D eigenvalue weighted by molar-refractivity contribution is 5.72. The molecule has 1 N–H and O–H groups in total. The Bertz CT molecular complexity index is 475. The van der Waals surface area contributed by atoms with Crippen LogP contribution in [0.5, 0.6) is 17.4 Å². The average molecular weight is 281 g/mol. The third-order valence-electron chi connectivity index (χ3n) is 1.95. The van der Waals surface area contributed by atoms with Crippen molar-refractivity contribution >= 4 is 5.97 Å². The number of alkyl halides is 3. The highest BCUT2D eigenvalue weighted by atomic mass is 19.4. The van der Waals surface area contributed by atoms with Crippen LogP contribution in [0.2, 0.25) is 0 Å². The zero-order chi connectivity index (χ0) is 14.6. The summed E-state index contributed by atoms with van der Waals surface area (Å²) in [5, 5.41) is 9.44. The van der Waals surface area contributed by atoms with Crippen LogP contribution in [0.25, 0.3) is 0 Å². The van der Waals surface area contributed by atoms with E-state index < -0.39 is 29.7 Å². The maximum Gasteiger partial charge on any atom is 0.573 e. The summed E-state index contributed by atoms with van der Waals surface area (Å²) in [7, 11) is 2.22. The van der Waals surface area contributed by atoms with Crippen LogP contribution in [0, 0.1) is 0 Å². The maximum atomic E-state index is 12.1. The molecule has 0 aliphatic heterocycles. The lowest BCUT2D eigenvalue weighted by atomic mass is 10.2. The van der Waals surface area contributed by atoms with Gasteiger partial charge in [0.25, 0.3) is 5.88 Å². The normalized spacial score (nSPS) is 11.0. The van der Waals surface area contributed by atoms with Gasteiger partial charge in [0.1, 0.15) is 0 Å². The van der Waals surface area contributed by atoms with Gasteiger partial charge in [-0.1, -0.05) is 0 Å². The monoisotopic (exact) mass is 281 g/mol. The molecule has 0 atom stereocenters. The molecule has 0 aliphatic rings. The van der Waals surface area contributed by atoms with E-state index in [0.717, 1.165) is 20.3 Å². The SMILES string of the molecule is COC(=O)Cc1cc(OC(F)(F)F)c(O)c(OC)n1. The van der Waals surface area contributed by atoms with Gasteiger partial charge in [-0.15, -0.1) is 13.2 Å². The third kappa shape index (κ3) is 4.19. The standard InChI is InChI=1S/C10H10F3NO5/c1-17-7(15)4-5-3-6(19-10(11,12)13)8(16)9(14-5)18-2/h3,16H,4H2,1-2H3. The van der Waals surface area contributed by atoms with E-state index in [1.165, 1.54) is 0 Å². The first kappa shape index (κ1) is 14.9. The molecule has 19 heavy (non-hydrogen) atoms. The molecule has 0 bridgehead atoms. The lowest BCUT2D eigenvalue weighted by molar-refractivity contribution is -0.275. The topological polar surface area (TPSA) is 77.9 Å². The molecule has 0 amide bonds. The Kier molecular flexibility index (Phi) is 4.41. The molecule has 0 radical (unpaired) electrons. The summed E-state index contributed by atoms with van der Waals surface area (Å²) in [5.74, 6) is -3.01. The first-order chi connectivity index (χ1) is 8.76. The molecule has 0 saturated carbocycles. The van der Waals surface area contributed by atoms with Gasteiger partial charge in [-0.3, -0.25) is 4.79 Å². The average Bonchev–Trinajstić information content (AvgIpc) is 2.31. The highest BCUT2D eigenvalue weighted by Crippen LogP contribution is 2.38. The molecular weight excluding hydrogens is 271 g/mol. The maximum absolute atomic E-state index is 12.1. The molecule has 1 aromatic heterocycles. The number of carbonyl (C=O) groups is 1. The molecule has 0 aromatic carbocycles. The fourth-order valence-electron chi connectivity index (χ4n) is 1.20. The summed E-state index contributed by atoms with van der Waals surface area (Å²) in [4.78, 5) is 14.7. The molecule has 0 fully saturated rings. The van der Waals surface area contributed by atoms with Gasteiger partial charge in [0, 0.05) is 6.07 Å². The first-order valence-corrected chi connectivity index (χ1v) is 4.86. The van der Waals surface area contributed by atoms with Crippen molar-refractivity contribution in [1.29, 1.82) is 0 Å². The number of hydrogen-bond donors (Lipinski definition) is 1. The van der Waals surface area contributed by atoms with E-state index in [1.807, 2.05) is 0 Å². The van der Waals surface area contributed by atoms with E-state index in [1.54, 1.807) is 0 Å². The molecule has 1 aromatic rings. The summed E-state index contributed by atoms with van der Waals surface area (Å²) in [6.45, 7) is 0. The van der Waals surface area contributed by atoms with Crippen molar-refractivity contribution in [3.05, 3.63) is 11.8 Å². The quantitative estimate of drug-likeness (QED) is 0.841. The second kappa shape index (κ2) is 5.63. The van der Waals surface area contributed by atoms with Gasteiger partial charge in [-0.2, -0.15) is 0 Å². The zero-order valence-electron chi connectivity index (χ0n) is 9.95. The van der Waals surface area contributed by atoms with Gasteiger partial charge in [-0.25, -0.2) is 4.98 Å². The van der Waals surface area contributed by atoms with Crippen molar-refractivity contribution in [1.82, 2.24) is 4.98 Å². The van der Waals surface area contributed by atoms with Crippen LogP contribution in [0.3, 0.4) is 0 Å². The van der Waals surface area contributed by atoms with Crippen LogP contribution < -0.4 is 9.47 Å². The number of halogens is 3. The van der Waals surface area contributed by atoms with Crippen LogP contribution in [-0.4, -0.2) is 36.6 Å². The smallest absolute Gasteiger partial charge is 0.501 e. The van der Waals surface area contributed by atoms with E-state index in [-0.39, 0.29) is 12.1 Å². The number of methoxy groups -OCH3 is 2. The largest absolute Gasteiger partial charge is 0.573 e. The number of aromatic nitrogens is 1. The minimum Gasteiger partial charge on any atom is -0.501 e. The molecule has 0 aliphatic carbocycles. The summed E-state index contributed by atoms with van der Waals surface area (Å²) >= 11 is 0. The van der Waals surface area contributed by atoms with Gasteiger partial charge in [-0.05, 0) is 0 Å². The van der Waals surface area contributed by atoms with Crippen molar-refractivity contribution in [2.24, 2.45) is 0 Å². The molecular formula is C10H10F3NO5. The molecule has 0 saturated heterocycles. The first-order valence-electron chi connectivity index (χ1n) is 4.86. The fraction of sp³-hybridized carbons (Fsp3) is 0.400. The number of rotatable bonds is 4. The van der Waals surface area contributed by atoms with Gasteiger partial charge >= 0.3 is 12.3 Å². The number of ether oxygens (including phenoxy) is 3. The molecule has 1 rings (SSSR count). The Morgan fingerprint density at radius 3 is 2.53 bits per heavy atom. The summed E-state index contributed by atoms with van der Waals surface area (Å²) < 4.78 is 49.0. The summed E-state index contributed by atoms with van der Waals surface area (Å²) in [6, 6.07) is 0.780. The van der Waals surface area contributed by atoms with E-state index in [0.29, 0.717) is 0 Å². The Morgan fingerprint density at radius 1 is 1.42 bits per heavy atom. The predicted molar refractivity (Wildman–Crippen MR) is 54.9 cm³/mol. The van der Waals surface area contributed by atoms with E-state index in [4.69, 9.17) is 0 Å². The Labute approximate surface area is 105 Å². The van der Waals surface area contributed by atoms with Crippen molar-refractivity contribution in [2.45, 2.75) is 12.8 Å².